The Bertz CT molecular complexity index is 896. The highest BCUT2D eigenvalue weighted by atomic mass is 16.6. The molecule has 0 aromatic heterocycles. The molecule has 1 amide bonds. The number of carboxylic acid groups (broad SMARTS) is 1. The van der Waals surface area contributed by atoms with Crippen LogP contribution in [0.1, 0.15) is 36.3 Å². The highest BCUT2D eigenvalue weighted by Crippen LogP contribution is 2.44. The quantitative estimate of drug-likeness (QED) is 0.844. The number of carboxylic acids is 1. The number of benzene rings is 2. The van der Waals surface area contributed by atoms with Gasteiger partial charge in [-0.15, -0.1) is 0 Å². The van der Waals surface area contributed by atoms with E-state index >= 15 is 0 Å². The molecule has 0 spiro atoms. The minimum Gasteiger partial charge on any atom is -0.481 e. The average molecular weight is 391 g/mol. The lowest BCUT2D eigenvalue weighted by atomic mass is 9.72. The Hall–Kier alpha value is -2.82. The normalized spacial score (nSPS) is 25.2. The summed E-state index contributed by atoms with van der Waals surface area (Å²) in [5, 5.41) is 9.33. The van der Waals surface area contributed by atoms with E-state index in [4.69, 9.17) is 4.74 Å². The van der Waals surface area contributed by atoms with Crippen LogP contribution in [0.2, 0.25) is 0 Å². The molecule has 3 aliphatic rings. The van der Waals surface area contributed by atoms with E-state index in [1.54, 1.807) is 4.90 Å². The molecule has 3 atom stereocenters. The number of likely N-dealkylation sites (tertiary alicyclic amines) is 1. The van der Waals surface area contributed by atoms with Crippen molar-refractivity contribution in [3.05, 3.63) is 59.7 Å². The summed E-state index contributed by atoms with van der Waals surface area (Å²) in [6.45, 7) is 1.55. The number of carbonyl (C=O) groups excluding carboxylic acids is 1. The first-order valence-electron chi connectivity index (χ1n) is 10.4. The highest BCUT2D eigenvalue weighted by molar-refractivity contribution is 5.79. The molecule has 1 saturated heterocycles. The van der Waals surface area contributed by atoms with E-state index in [0.717, 1.165) is 6.42 Å². The van der Waals surface area contributed by atoms with Gasteiger partial charge in [-0.3, -0.25) is 4.79 Å². The fourth-order valence-electron chi connectivity index (χ4n) is 5.60. The summed E-state index contributed by atoms with van der Waals surface area (Å²) in [6, 6.07) is 16.6. The largest absolute Gasteiger partial charge is 0.481 e. The molecular weight excluding hydrogens is 366 g/mol. The number of carbonyl (C=O) groups is 2. The van der Waals surface area contributed by atoms with Gasteiger partial charge in [-0.1, -0.05) is 48.5 Å². The van der Waals surface area contributed by atoms with Gasteiger partial charge in [0.15, 0.2) is 0 Å². The Kier molecular flexibility index (Phi) is 4.53. The molecule has 1 N–H and O–H groups in total. The molecule has 1 unspecified atom stereocenters. The van der Waals surface area contributed by atoms with E-state index < -0.39 is 5.97 Å². The van der Waals surface area contributed by atoms with Crippen LogP contribution >= 0.6 is 0 Å². The van der Waals surface area contributed by atoms with Crippen molar-refractivity contribution in [2.24, 2.45) is 17.8 Å². The maximum atomic E-state index is 12.8. The lowest BCUT2D eigenvalue weighted by Crippen LogP contribution is -2.48. The van der Waals surface area contributed by atoms with E-state index in [2.05, 4.69) is 24.3 Å². The third-order valence-electron chi connectivity index (χ3n) is 6.80. The molecule has 2 aromatic rings. The molecule has 5 heteroatoms. The Balaban J connectivity index is 1.27. The molecule has 2 bridgehead atoms. The molecule has 1 aliphatic heterocycles. The van der Waals surface area contributed by atoms with Gasteiger partial charge in [0.1, 0.15) is 6.61 Å². The van der Waals surface area contributed by atoms with Crippen LogP contribution in [-0.2, 0) is 9.53 Å². The topological polar surface area (TPSA) is 66.8 Å². The van der Waals surface area contributed by atoms with Gasteiger partial charge in [-0.05, 0) is 53.4 Å². The predicted molar refractivity (Wildman–Crippen MR) is 109 cm³/mol. The molecule has 5 rings (SSSR count). The van der Waals surface area contributed by atoms with Crippen molar-refractivity contribution in [2.75, 3.05) is 19.7 Å². The van der Waals surface area contributed by atoms with Crippen LogP contribution in [0.5, 0.6) is 0 Å². The molecule has 150 valence electrons. The van der Waals surface area contributed by atoms with E-state index in [1.165, 1.54) is 22.3 Å². The van der Waals surface area contributed by atoms with Crippen LogP contribution in [-0.4, -0.2) is 41.8 Å². The van der Waals surface area contributed by atoms with Crippen molar-refractivity contribution in [3.8, 4) is 11.1 Å². The molecule has 29 heavy (non-hydrogen) atoms. The third kappa shape index (κ3) is 3.28. The second kappa shape index (κ2) is 7.21. The van der Waals surface area contributed by atoms with E-state index in [0.29, 0.717) is 32.5 Å². The minimum absolute atomic E-state index is 0.0621. The zero-order valence-corrected chi connectivity index (χ0v) is 16.3. The first-order chi connectivity index (χ1) is 14.1. The van der Waals surface area contributed by atoms with Gasteiger partial charge in [-0.2, -0.15) is 0 Å². The zero-order chi connectivity index (χ0) is 20.0. The van der Waals surface area contributed by atoms with Gasteiger partial charge in [0.2, 0.25) is 0 Å². The minimum atomic E-state index is -0.700. The number of nitrogens with zero attached hydrogens (tertiary/aromatic N) is 1. The van der Waals surface area contributed by atoms with Crippen LogP contribution in [0.15, 0.2) is 48.5 Å². The van der Waals surface area contributed by atoms with Crippen molar-refractivity contribution in [1.82, 2.24) is 4.90 Å². The summed E-state index contributed by atoms with van der Waals surface area (Å²) in [5.74, 6) is -0.363. The van der Waals surface area contributed by atoms with Gasteiger partial charge in [-0.25, -0.2) is 4.79 Å². The standard InChI is InChI=1S/C24H25NO4/c26-23(27)17-10-15-9-16(11-17)13-25(12-15)24(28)29-14-22-20-7-3-1-5-18(20)19-6-2-4-8-21(19)22/h1-8,15-17,22H,9-14H2,(H,26,27)/t15-,16+,17?. The molecule has 1 saturated carbocycles. The first-order valence-corrected chi connectivity index (χ1v) is 10.4. The summed E-state index contributed by atoms with van der Waals surface area (Å²) >= 11 is 0. The number of fused-ring (bicyclic) bond motifs is 5. The number of ether oxygens (including phenoxy) is 1. The second-order valence-corrected chi connectivity index (χ2v) is 8.68. The monoisotopic (exact) mass is 391 g/mol. The lowest BCUT2D eigenvalue weighted by molar-refractivity contribution is -0.144. The van der Waals surface area contributed by atoms with Crippen LogP contribution < -0.4 is 0 Å². The molecule has 5 nitrogen and oxygen atoms in total. The average Bonchev–Trinajstić information content (AvgIpc) is 3.05. The summed E-state index contributed by atoms with van der Waals surface area (Å²) < 4.78 is 5.79. The molecule has 1 heterocycles. The number of aliphatic carboxylic acids is 1. The van der Waals surface area contributed by atoms with Gasteiger partial charge < -0.3 is 14.7 Å². The van der Waals surface area contributed by atoms with Crippen molar-refractivity contribution >= 4 is 12.1 Å². The zero-order valence-electron chi connectivity index (χ0n) is 16.3. The number of rotatable bonds is 3. The van der Waals surface area contributed by atoms with Crippen molar-refractivity contribution in [3.63, 3.8) is 0 Å². The summed E-state index contributed by atoms with van der Waals surface area (Å²) in [7, 11) is 0. The smallest absolute Gasteiger partial charge is 0.409 e. The van der Waals surface area contributed by atoms with E-state index in [-0.39, 0.29) is 29.8 Å². The molecule has 0 radical (unpaired) electrons. The van der Waals surface area contributed by atoms with Gasteiger partial charge in [0.25, 0.3) is 0 Å². The lowest BCUT2D eigenvalue weighted by Gasteiger charge is -2.42. The second-order valence-electron chi connectivity index (χ2n) is 8.68. The van der Waals surface area contributed by atoms with Gasteiger partial charge in [0.05, 0.1) is 5.92 Å². The van der Waals surface area contributed by atoms with E-state index in [9.17, 15) is 14.7 Å². The number of hydrogen-bond acceptors (Lipinski definition) is 3. The summed E-state index contributed by atoms with van der Waals surface area (Å²) in [5.41, 5.74) is 4.86. The first kappa shape index (κ1) is 18.2. The summed E-state index contributed by atoms with van der Waals surface area (Å²) in [6.07, 6.45) is 2.09. The highest BCUT2D eigenvalue weighted by Gasteiger charge is 2.40. The molecular formula is C24H25NO4. The maximum Gasteiger partial charge on any atom is 0.409 e. The molecule has 2 aromatic carbocycles. The van der Waals surface area contributed by atoms with Crippen molar-refractivity contribution in [2.45, 2.75) is 25.2 Å². The van der Waals surface area contributed by atoms with Crippen LogP contribution in [0.4, 0.5) is 4.79 Å². The predicted octanol–water partition coefficient (Wildman–Crippen LogP) is 4.37. The Labute approximate surface area is 170 Å². The summed E-state index contributed by atoms with van der Waals surface area (Å²) in [4.78, 5) is 26.0. The van der Waals surface area contributed by atoms with Crippen molar-refractivity contribution in [1.29, 1.82) is 0 Å². The van der Waals surface area contributed by atoms with Gasteiger partial charge >= 0.3 is 12.1 Å². The number of piperidine rings is 1. The van der Waals surface area contributed by atoms with Crippen LogP contribution in [0.25, 0.3) is 11.1 Å². The van der Waals surface area contributed by atoms with Crippen LogP contribution in [0, 0.1) is 17.8 Å². The Morgan fingerprint density at radius 3 is 2.00 bits per heavy atom. The Morgan fingerprint density at radius 2 is 1.45 bits per heavy atom. The molecule has 2 fully saturated rings. The Morgan fingerprint density at radius 1 is 0.897 bits per heavy atom. The fraction of sp³-hybridized carbons (Fsp3) is 0.417. The fourth-order valence-corrected chi connectivity index (χ4v) is 5.60. The van der Waals surface area contributed by atoms with Crippen LogP contribution in [0.3, 0.4) is 0 Å². The number of hydrogen-bond donors (Lipinski definition) is 1. The molecule has 2 aliphatic carbocycles. The van der Waals surface area contributed by atoms with Gasteiger partial charge in [0, 0.05) is 19.0 Å². The third-order valence-corrected chi connectivity index (χ3v) is 6.80. The SMILES string of the molecule is O=C(O)C1C[C@@H]2C[C@H](C1)CN(C(=O)OCC1c3ccccc3-c3ccccc31)C2. The van der Waals surface area contributed by atoms with E-state index in [1.807, 2.05) is 24.3 Å². The van der Waals surface area contributed by atoms with Crippen molar-refractivity contribution < 1.29 is 19.4 Å². The number of amides is 1. The maximum absolute atomic E-state index is 12.8.